The predicted octanol–water partition coefficient (Wildman–Crippen LogP) is 4.78. The Bertz CT molecular complexity index is 2470. The lowest BCUT2D eigenvalue weighted by Gasteiger charge is -2.32. The van der Waals surface area contributed by atoms with Crippen molar-refractivity contribution in [3.05, 3.63) is 145 Å². The van der Waals surface area contributed by atoms with E-state index in [2.05, 4.69) is 10.3 Å². The van der Waals surface area contributed by atoms with Gasteiger partial charge in [0.2, 0.25) is 0 Å². The number of unbranched alkanes of at least 4 members (excludes halogenated alkanes) is 1. The highest BCUT2D eigenvalue weighted by Gasteiger charge is 2.32. The molecule has 0 aliphatic heterocycles. The smallest absolute Gasteiger partial charge is 0.393 e. The molecule has 0 aromatic heterocycles. The van der Waals surface area contributed by atoms with Crippen LogP contribution in [-0.2, 0) is 19.4 Å². The zero-order chi connectivity index (χ0) is 68.9. The molecule has 0 spiro atoms. The first-order valence-corrected chi connectivity index (χ1v) is 33.0. The maximum Gasteiger partial charge on any atom is 0.397 e. The lowest BCUT2D eigenvalue weighted by molar-refractivity contribution is -0.113. The topological polar surface area (TPSA) is 420 Å². The number of carbonyl (C=O) groups is 1. The lowest BCUT2D eigenvalue weighted by Crippen LogP contribution is -2.45. The number of nitrogens with one attached hydrogen (secondary N) is 1. The quantitative estimate of drug-likeness (QED) is 0.00741. The third-order valence-corrected chi connectivity index (χ3v) is 15.4. The van der Waals surface area contributed by atoms with Crippen LogP contribution in [0.4, 0.5) is 0 Å². The normalized spacial score (nSPS) is 19.6. The van der Waals surface area contributed by atoms with Gasteiger partial charge in [-0.25, -0.2) is 4.18 Å². The van der Waals surface area contributed by atoms with Crippen LogP contribution in [0, 0.1) is 23.7 Å². The first-order chi connectivity index (χ1) is 42.8. The summed E-state index contributed by atoms with van der Waals surface area (Å²) >= 11 is 0. The molecule has 0 aliphatic carbocycles. The van der Waals surface area contributed by atoms with Crippen molar-refractivity contribution in [3.8, 4) is 0 Å². The van der Waals surface area contributed by atoms with E-state index in [-0.39, 0.29) is 94.2 Å². The highest BCUT2D eigenvalue weighted by molar-refractivity contribution is 7.80. The highest BCUT2D eigenvalue weighted by Crippen LogP contribution is 2.24. The molecular formula is C68H114N4O18S. The fourth-order valence-corrected chi connectivity index (χ4v) is 9.85. The van der Waals surface area contributed by atoms with E-state index in [9.17, 15) is 84.1 Å². The molecule has 0 aromatic rings. The molecule has 18 atom stereocenters. The van der Waals surface area contributed by atoms with Gasteiger partial charge in [0.1, 0.15) is 6.10 Å². The molecule has 91 heavy (non-hydrogen) atoms. The van der Waals surface area contributed by atoms with Crippen molar-refractivity contribution in [1.29, 1.82) is 0 Å². The average molecular weight is 1310 g/mol. The molecule has 0 saturated heterocycles. The van der Waals surface area contributed by atoms with Gasteiger partial charge in [-0.05, 0) is 102 Å². The van der Waals surface area contributed by atoms with Gasteiger partial charge >= 0.3 is 10.4 Å². The number of allylic oxidation sites excluding steroid dienone is 17. The molecule has 22 nitrogen and oxygen atoms in total. The number of aliphatic hydroxyl groups excluding tert-OH is 13. The van der Waals surface area contributed by atoms with E-state index in [0.717, 1.165) is 12.8 Å². The summed E-state index contributed by atoms with van der Waals surface area (Å²) in [5, 5.41) is 140. The van der Waals surface area contributed by atoms with Gasteiger partial charge in [0, 0.05) is 50.1 Å². The number of guanidine groups is 1. The van der Waals surface area contributed by atoms with Crippen molar-refractivity contribution >= 4 is 22.1 Å². The summed E-state index contributed by atoms with van der Waals surface area (Å²) in [6.45, 7) is 13.5. The van der Waals surface area contributed by atoms with E-state index in [4.69, 9.17) is 15.7 Å². The van der Waals surface area contributed by atoms with Crippen LogP contribution in [0.15, 0.2) is 150 Å². The van der Waals surface area contributed by atoms with Gasteiger partial charge in [0.25, 0.3) is 0 Å². The fourth-order valence-electron chi connectivity index (χ4n) is 9.29. The molecule has 0 heterocycles. The molecule has 0 saturated carbocycles. The number of hydrogen-bond acceptors (Lipinski definition) is 19. The van der Waals surface area contributed by atoms with E-state index < -0.39 is 114 Å². The maximum atomic E-state index is 12.0. The van der Waals surface area contributed by atoms with E-state index in [1.54, 1.807) is 99.8 Å². The van der Waals surface area contributed by atoms with Crippen molar-refractivity contribution in [2.24, 2.45) is 40.1 Å². The number of hydrogen-bond donors (Lipinski definition) is 17. The number of nitrogens with two attached hydrogens (primary N) is 2. The minimum Gasteiger partial charge on any atom is -0.393 e. The van der Waals surface area contributed by atoms with E-state index >= 15 is 0 Å². The average Bonchev–Trinajstić information content (AvgIpc) is 1.70. The fraction of sp³-hybridized carbons (Fsp3) is 0.618. The third-order valence-electron chi connectivity index (χ3n) is 14.9. The molecule has 18 unspecified atom stereocenters. The van der Waals surface area contributed by atoms with Crippen LogP contribution in [0.1, 0.15) is 138 Å². The number of carbonyl (C=O) groups excluding carboxylic acids is 1. The summed E-state index contributed by atoms with van der Waals surface area (Å²) in [6.07, 6.45) is 24.9. The van der Waals surface area contributed by atoms with Crippen LogP contribution in [0.3, 0.4) is 0 Å². The summed E-state index contributed by atoms with van der Waals surface area (Å²) in [6, 6.07) is -0.522. The molecule has 0 aliphatic rings. The van der Waals surface area contributed by atoms with Gasteiger partial charge in [0.05, 0.1) is 79.4 Å². The molecule has 0 bridgehead atoms. The third kappa shape index (κ3) is 46.8. The monoisotopic (exact) mass is 1310 g/mol. The van der Waals surface area contributed by atoms with Crippen LogP contribution in [0.5, 0.6) is 0 Å². The van der Waals surface area contributed by atoms with E-state index in [0.29, 0.717) is 25.1 Å². The molecule has 19 N–H and O–H groups in total. The van der Waals surface area contributed by atoms with Gasteiger partial charge in [-0.2, -0.15) is 8.42 Å². The summed E-state index contributed by atoms with van der Waals surface area (Å²) in [7, 11) is -4.87. The van der Waals surface area contributed by atoms with Gasteiger partial charge in [-0.1, -0.05) is 174 Å². The van der Waals surface area contributed by atoms with Crippen LogP contribution in [-0.4, -0.2) is 196 Å². The van der Waals surface area contributed by atoms with Crippen LogP contribution in [0.2, 0.25) is 0 Å². The Hall–Kier alpha value is -4.87. The van der Waals surface area contributed by atoms with E-state index in [1.165, 1.54) is 31.2 Å². The van der Waals surface area contributed by atoms with Gasteiger partial charge < -0.3 is 83.2 Å². The summed E-state index contributed by atoms with van der Waals surface area (Å²) in [5.74, 6) is -0.991. The molecule has 0 fully saturated rings. The van der Waals surface area contributed by atoms with Crippen molar-refractivity contribution in [1.82, 2.24) is 5.32 Å². The van der Waals surface area contributed by atoms with Gasteiger partial charge in [-0.3, -0.25) is 14.3 Å². The maximum absolute atomic E-state index is 12.0. The Balaban J connectivity index is 5.13. The zero-order valence-electron chi connectivity index (χ0n) is 54.5. The summed E-state index contributed by atoms with van der Waals surface area (Å²) < 4.78 is 38.8. The highest BCUT2D eigenvalue weighted by atomic mass is 32.3. The minimum absolute atomic E-state index is 0.0238. The molecular weight excluding hydrogens is 1190 g/mol. The number of rotatable bonds is 51. The number of aliphatic imine (C=N–C) groups is 1. The lowest BCUT2D eigenvalue weighted by atomic mass is 9.88. The summed E-state index contributed by atoms with van der Waals surface area (Å²) in [4.78, 5) is 15.1. The Morgan fingerprint density at radius 2 is 1.00 bits per heavy atom. The van der Waals surface area contributed by atoms with E-state index in [1.807, 2.05) is 57.2 Å². The summed E-state index contributed by atoms with van der Waals surface area (Å²) in [5.41, 5.74) is 11.2. The van der Waals surface area contributed by atoms with Gasteiger partial charge in [-0.15, -0.1) is 0 Å². The van der Waals surface area contributed by atoms with Crippen LogP contribution < -0.4 is 16.8 Å². The molecule has 23 heteroatoms. The largest absolute Gasteiger partial charge is 0.397 e. The Kier molecular flexibility index (Phi) is 47.9. The predicted molar refractivity (Wildman–Crippen MR) is 359 cm³/mol. The molecule has 0 aromatic carbocycles. The second-order valence-corrected chi connectivity index (χ2v) is 25.0. The molecule has 520 valence electrons. The van der Waals surface area contributed by atoms with Crippen molar-refractivity contribution in [2.75, 3.05) is 13.1 Å². The number of Topliss-reactive ketones (excluding diaryl/α,β-unsaturated/α-hetero) is 1. The first kappa shape index (κ1) is 86.1. The molecule has 0 radical (unpaired) electrons. The Morgan fingerprint density at radius 1 is 0.516 bits per heavy atom. The Morgan fingerprint density at radius 3 is 1.55 bits per heavy atom. The minimum atomic E-state index is -4.87. The standard InChI is InChI=1S/C68H114N4O18S/c1-47(2)46-72-61(43-59(80)41-55(76)32-26-31-53(74)39-58(79)40-54(75)33-27-34-57(78)44-63(83)67(86)64(84)45-60(81)42-56(77)35-28-38-71-68(69)70)50(5)65(90-91(87,88)89)37-25-21-17-12-10-8-9-11-16-20-24-36-62(82)51(6)66(85)49(4)30-23-19-15-13-14-18-22-29-48(3)52(7)73/h8-14,16-18,20-27,29-30,32-33,36,47,49-51,53-67,72,74-86H,15,19,28,31,34-35,37-46H2,1-7H3,(H4,69,70,71)(H,87,88,89)/b10-8+,11-9+,14-13+,17-12+,20-16+,22-18+,25-21+,30-23+,32-26+,33-27+,36-24+,48-29+. The van der Waals surface area contributed by atoms with Crippen molar-refractivity contribution < 1.29 is 88.3 Å². The van der Waals surface area contributed by atoms with Crippen LogP contribution >= 0.6 is 0 Å². The Labute approximate surface area is 541 Å². The van der Waals surface area contributed by atoms with Gasteiger partial charge in [0.15, 0.2) is 11.7 Å². The van der Waals surface area contributed by atoms with Crippen molar-refractivity contribution in [2.45, 2.75) is 230 Å². The first-order valence-electron chi connectivity index (χ1n) is 31.6. The zero-order valence-corrected chi connectivity index (χ0v) is 55.3. The van der Waals surface area contributed by atoms with Crippen LogP contribution in [0.25, 0.3) is 0 Å². The van der Waals surface area contributed by atoms with Crippen molar-refractivity contribution in [3.63, 3.8) is 0 Å². The number of nitrogens with zero attached hydrogens (tertiary/aromatic N) is 1. The number of ketones is 1. The second kappa shape index (κ2) is 50.6. The second-order valence-electron chi connectivity index (χ2n) is 24.0. The number of aliphatic hydroxyl groups is 13. The molecule has 0 rings (SSSR count). The molecule has 0 amide bonds. The SMILES string of the molecule is CC(=O)/C(C)=C/C=C/C=C/CC/C=C/C(C)C(O)C(C)C(O)/C=C/C=C/C=C/C=C/C=C/C=C/CC(OS(=O)(=O)O)C(C)C(CC(O)CC(O)/C=C/CC(O)CC(O)CC(O)/C=C/CC(O)CC(O)C(O)C(O)CC(O)CC(O)CCCN=C(N)N)NCC(C)C.